The Hall–Kier alpha value is -3.46. The van der Waals surface area contributed by atoms with Crippen LogP contribution in [-0.2, 0) is 4.79 Å². The zero-order chi connectivity index (χ0) is 27.1. The predicted molar refractivity (Wildman–Crippen MR) is 150 cm³/mol. The lowest BCUT2D eigenvalue weighted by molar-refractivity contribution is -0.131. The summed E-state index contributed by atoms with van der Waals surface area (Å²) in [6, 6.07) is 8.67. The standard InChI is InChI=1S/C29H29BrFN3O4/c1-17-15-32(12-13-33(17)18(2)35)27-24(31)14-22-26(29(27)38-3)34(21-9-10-21)16-23(28(22)37)25(36)11-6-19-4-7-20(30)8-5-19/h4-8,11,14,16-17,21H,9-10,12-13,15H2,1-3H3. The summed E-state index contributed by atoms with van der Waals surface area (Å²) in [7, 11) is 1.47. The van der Waals surface area contributed by atoms with Crippen LogP contribution in [0.5, 0.6) is 5.75 Å². The van der Waals surface area contributed by atoms with Crippen LogP contribution in [-0.4, -0.2) is 53.9 Å². The zero-order valence-electron chi connectivity index (χ0n) is 21.5. The summed E-state index contributed by atoms with van der Waals surface area (Å²) in [5, 5.41) is 0.119. The first kappa shape index (κ1) is 26.2. The molecule has 0 N–H and O–H groups in total. The van der Waals surface area contributed by atoms with Crippen molar-refractivity contribution < 1.29 is 18.7 Å². The lowest BCUT2D eigenvalue weighted by atomic mass is 10.0. The van der Waals surface area contributed by atoms with E-state index in [0.717, 1.165) is 22.9 Å². The van der Waals surface area contributed by atoms with E-state index in [1.807, 2.05) is 40.7 Å². The smallest absolute Gasteiger partial charge is 0.219 e. The number of halogens is 2. The second kappa shape index (κ2) is 10.4. The van der Waals surface area contributed by atoms with E-state index >= 15 is 4.39 Å². The fourth-order valence-corrected chi connectivity index (χ4v) is 5.48. The van der Waals surface area contributed by atoms with Crippen LogP contribution in [0.25, 0.3) is 17.0 Å². The number of fused-ring (bicyclic) bond motifs is 1. The van der Waals surface area contributed by atoms with Crippen LogP contribution in [0.2, 0.25) is 0 Å². The summed E-state index contributed by atoms with van der Waals surface area (Å²) >= 11 is 3.39. The molecule has 1 aliphatic heterocycles. The van der Waals surface area contributed by atoms with Gasteiger partial charge in [0.15, 0.2) is 17.3 Å². The highest BCUT2D eigenvalue weighted by Crippen LogP contribution is 2.44. The fraction of sp³-hybridized carbons (Fsp3) is 0.345. The number of ether oxygens (including phenoxy) is 1. The first-order chi connectivity index (χ1) is 18.2. The number of ketones is 1. The van der Waals surface area contributed by atoms with Crippen LogP contribution in [0.15, 0.2) is 51.9 Å². The van der Waals surface area contributed by atoms with E-state index in [9.17, 15) is 14.4 Å². The van der Waals surface area contributed by atoms with Gasteiger partial charge in [-0.1, -0.05) is 34.1 Å². The third-order valence-electron chi connectivity index (χ3n) is 7.25. The molecule has 1 unspecified atom stereocenters. The maximum Gasteiger partial charge on any atom is 0.219 e. The van der Waals surface area contributed by atoms with Crippen molar-refractivity contribution in [1.82, 2.24) is 9.47 Å². The van der Waals surface area contributed by atoms with E-state index in [2.05, 4.69) is 15.9 Å². The Morgan fingerprint density at radius 1 is 1.16 bits per heavy atom. The van der Waals surface area contributed by atoms with Crippen LogP contribution in [0.4, 0.5) is 10.1 Å². The highest BCUT2D eigenvalue weighted by atomic mass is 79.9. The molecule has 1 aliphatic carbocycles. The number of nitrogens with zero attached hydrogens (tertiary/aromatic N) is 3. The monoisotopic (exact) mass is 581 g/mol. The predicted octanol–water partition coefficient (Wildman–Crippen LogP) is 5.20. The molecule has 1 amide bonds. The van der Waals surface area contributed by atoms with E-state index in [-0.39, 0.29) is 40.4 Å². The third-order valence-corrected chi connectivity index (χ3v) is 7.78. The number of rotatable bonds is 6. The van der Waals surface area contributed by atoms with Gasteiger partial charge in [-0.3, -0.25) is 14.4 Å². The molecular weight excluding hydrogens is 553 g/mol. The van der Waals surface area contributed by atoms with E-state index in [1.54, 1.807) is 17.2 Å². The summed E-state index contributed by atoms with van der Waals surface area (Å²) in [6.07, 6.45) is 6.42. The summed E-state index contributed by atoms with van der Waals surface area (Å²) in [4.78, 5) is 42.3. The van der Waals surface area contributed by atoms with Crippen molar-refractivity contribution in [2.75, 3.05) is 31.6 Å². The number of hydrogen-bond acceptors (Lipinski definition) is 5. The molecule has 5 rings (SSSR count). The van der Waals surface area contributed by atoms with Gasteiger partial charge in [0.25, 0.3) is 0 Å². The van der Waals surface area contributed by atoms with E-state index < -0.39 is 17.0 Å². The lowest BCUT2D eigenvalue weighted by Crippen LogP contribution is -2.53. The quantitative estimate of drug-likeness (QED) is 0.295. The van der Waals surface area contributed by atoms with Gasteiger partial charge in [-0.15, -0.1) is 0 Å². The summed E-state index contributed by atoms with van der Waals surface area (Å²) < 4.78 is 24.3. The minimum Gasteiger partial charge on any atom is -0.492 e. The van der Waals surface area contributed by atoms with Crippen molar-refractivity contribution in [2.24, 2.45) is 0 Å². The number of benzene rings is 2. The van der Waals surface area contributed by atoms with Gasteiger partial charge < -0.3 is 19.1 Å². The molecule has 1 saturated carbocycles. The van der Waals surface area contributed by atoms with Gasteiger partial charge in [0.2, 0.25) is 11.3 Å². The highest BCUT2D eigenvalue weighted by molar-refractivity contribution is 9.10. The second-order valence-corrected chi connectivity index (χ2v) is 10.8. The molecule has 1 aromatic heterocycles. The number of anilines is 1. The average molecular weight is 582 g/mol. The van der Waals surface area contributed by atoms with Crippen molar-refractivity contribution in [1.29, 1.82) is 0 Å². The van der Waals surface area contributed by atoms with Crippen LogP contribution in [0, 0.1) is 5.82 Å². The van der Waals surface area contributed by atoms with Gasteiger partial charge in [-0.05, 0) is 49.6 Å². The maximum absolute atomic E-state index is 15.7. The molecular formula is C29H29BrFN3O4. The number of carbonyl (C=O) groups excluding carboxylic acids is 2. The topological polar surface area (TPSA) is 71.8 Å². The van der Waals surface area contributed by atoms with Gasteiger partial charge in [-0.2, -0.15) is 0 Å². The molecule has 7 nitrogen and oxygen atoms in total. The van der Waals surface area contributed by atoms with Crippen molar-refractivity contribution in [3.63, 3.8) is 0 Å². The van der Waals surface area contributed by atoms with Crippen LogP contribution < -0.4 is 15.1 Å². The summed E-state index contributed by atoms with van der Waals surface area (Å²) in [5.41, 5.74) is 1.06. The fourth-order valence-electron chi connectivity index (χ4n) is 5.21. The summed E-state index contributed by atoms with van der Waals surface area (Å²) in [5.74, 6) is -0.770. The SMILES string of the molecule is COc1c(N2CCN(C(C)=O)C(C)C2)c(F)cc2c(=O)c(C(=O)C=Cc3ccc(Br)cc3)cn(C3CC3)c12. The molecule has 2 aliphatic rings. The second-order valence-electron chi connectivity index (χ2n) is 9.90. The lowest BCUT2D eigenvalue weighted by Gasteiger charge is -2.41. The van der Waals surface area contributed by atoms with Gasteiger partial charge in [-0.25, -0.2) is 4.39 Å². The largest absolute Gasteiger partial charge is 0.492 e. The van der Waals surface area contributed by atoms with Crippen LogP contribution in [0.1, 0.15) is 48.7 Å². The van der Waals surface area contributed by atoms with E-state index in [4.69, 9.17) is 4.74 Å². The zero-order valence-corrected chi connectivity index (χ0v) is 23.1. The molecule has 2 heterocycles. The molecule has 1 atom stereocenters. The average Bonchev–Trinajstić information content (AvgIpc) is 3.73. The molecule has 3 aromatic rings. The van der Waals surface area contributed by atoms with Gasteiger partial charge in [0.1, 0.15) is 5.69 Å². The Morgan fingerprint density at radius 3 is 2.47 bits per heavy atom. The number of hydrogen-bond donors (Lipinski definition) is 0. The molecule has 1 saturated heterocycles. The number of pyridine rings is 1. The normalized spacial score (nSPS) is 17.9. The number of piperazine rings is 1. The Labute approximate surface area is 228 Å². The van der Waals surface area contributed by atoms with Crippen LogP contribution >= 0.6 is 15.9 Å². The number of methoxy groups -OCH3 is 1. The number of amides is 1. The minimum absolute atomic E-state index is 0.00402. The maximum atomic E-state index is 15.7. The molecule has 198 valence electrons. The van der Waals surface area contributed by atoms with Gasteiger partial charge in [0.05, 0.1) is 23.6 Å². The third kappa shape index (κ3) is 4.87. The first-order valence-electron chi connectivity index (χ1n) is 12.6. The number of allylic oxidation sites excluding steroid dienone is 1. The molecule has 2 fully saturated rings. The Bertz CT molecular complexity index is 1510. The van der Waals surface area contributed by atoms with E-state index in [0.29, 0.717) is 25.2 Å². The van der Waals surface area contributed by atoms with Crippen molar-refractivity contribution >= 4 is 50.3 Å². The van der Waals surface area contributed by atoms with Crippen molar-refractivity contribution in [3.05, 3.63) is 74.2 Å². The number of aromatic nitrogens is 1. The Morgan fingerprint density at radius 2 is 1.87 bits per heavy atom. The number of carbonyl (C=O) groups is 2. The molecule has 0 spiro atoms. The van der Waals surface area contributed by atoms with Crippen molar-refractivity contribution in [3.8, 4) is 5.75 Å². The Kier molecular flexibility index (Phi) is 7.13. The Balaban J connectivity index is 1.60. The molecule has 9 heteroatoms. The molecule has 0 bridgehead atoms. The van der Waals surface area contributed by atoms with Crippen LogP contribution in [0.3, 0.4) is 0 Å². The molecule has 38 heavy (non-hydrogen) atoms. The highest BCUT2D eigenvalue weighted by Gasteiger charge is 2.33. The first-order valence-corrected chi connectivity index (χ1v) is 13.4. The van der Waals surface area contributed by atoms with Gasteiger partial charge >= 0.3 is 0 Å². The van der Waals surface area contributed by atoms with Gasteiger partial charge in [0, 0.05) is 49.3 Å². The molecule has 2 aromatic carbocycles. The van der Waals surface area contributed by atoms with E-state index in [1.165, 1.54) is 26.2 Å². The molecule has 0 radical (unpaired) electrons. The minimum atomic E-state index is -0.590. The van der Waals surface area contributed by atoms with Crippen molar-refractivity contribution in [2.45, 2.75) is 38.8 Å². The summed E-state index contributed by atoms with van der Waals surface area (Å²) in [6.45, 7) is 4.80.